The summed E-state index contributed by atoms with van der Waals surface area (Å²) < 4.78 is 1.14. The van der Waals surface area contributed by atoms with Crippen LogP contribution in [0.15, 0.2) is 53.5 Å². The highest BCUT2D eigenvalue weighted by Crippen LogP contribution is 2.32. The first-order valence-electron chi connectivity index (χ1n) is 5.60. The van der Waals surface area contributed by atoms with Crippen molar-refractivity contribution in [1.82, 2.24) is 4.98 Å². The molecule has 0 radical (unpaired) electrons. The Balaban J connectivity index is 2.40. The third kappa shape index (κ3) is 1.60. The summed E-state index contributed by atoms with van der Waals surface area (Å²) >= 11 is 3.68. The largest absolute Gasteiger partial charge is 0.354 e. The second-order valence-electron chi connectivity index (χ2n) is 4.12. The molecule has 2 aromatic carbocycles. The number of H-pyrrole nitrogens is 1. The molecular weight excluding hydrogens is 274 g/mol. The molecule has 0 amide bonds. The van der Waals surface area contributed by atoms with E-state index in [1.54, 1.807) is 0 Å². The van der Waals surface area contributed by atoms with Gasteiger partial charge in [0.05, 0.1) is 5.52 Å². The van der Waals surface area contributed by atoms with Crippen LogP contribution in [0.25, 0.3) is 21.8 Å². The maximum atomic E-state index is 3.79. The minimum Gasteiger partial charge on any atom is -0.354 e. The minimum absolute atomic E-state index is 0.881. The number of benzene rings is 2. The Morgan fingerprint density at radius 1 is 1.12 bits per heavy atom. The third-order valence-electron chi connectivity index (χ3n) is 3.06. The van der Waals surface area contributed by atoms with Crippen molar-refractivity contribution < 1.29 is 0 Å². The predicted molar refractivity (Wildman–Crippen MR) is 77.4 cm³/mol. The molecule has 0 bridgehead atoms. The molecule has 0 spiro atoms. The van der Waals surface area contributed by atoms with Gasteiger partial charge in [-0.15, -0.1) is 6.58 Å². The zero-order chi connectivity index (χ0) is 11.8. The van der Waals surface area contributed by atoms with Crippen LogP contribution in [0.1, 0.15) is 5.56 Å². The summed E-state index contributed by atoms with van der Waals surface area (Å²) in [4.78, 5) is 3.46. The molecule has 17 heavy (non-hydrogen) atoms. The molecule has 1 N–H and O–H groups in total. The van der Waals surface area contributed by atoms with Crippen molar-refractivity contribution >= 4 is 37.7 Å². The van der Waals surface area contributed by atoms with Crippen LogP contribution in [0.3, 0.4) is 0 Å². The van der Waals surface area contributed by atoms with Gasteiger partial charge in [0.1, 0.15) is 0 Å². The molecular formula is C15H12BrN. The molecule has 0 saturated carbocycles. The van der Waals surface area contributed by atoms with Gasteiger partial charge in [-0.05, 0) is 34.0 Å². The summed E-state index contributed by atoms with van der Waals surface area (Å²) in [7, 11) is 0. The topological polar surface area (TPSA) is 15.8 Å². The lowest BCUT2D eigenvalue weighted by molar-refractivity contribution is 1.27. The van der Waals surface area contributed by atoms with Crippen molar-refractivity contribution in [1.29, 1.82) is 0 Å². The van der Waals surface area contributed by atoms with Crippen LogP contribution in [0.5, 0.6) is 0 Å². The lowest BCUT2D eigenvalue weighted by atomic mass is 10.1. The van der Waals surface area contributed by atoms with Crippen molar-refractivity contribution in [3.05, 3.63) is 59.1 Å². The van der Waals surface area contributed by atoms with Gasteiger partial charge >= 0.3 is 0 Å². The molecule has 3 rings (SSSR count). The first-order valence-corrected chi connectivity index (χ1v) is 6.39. The Labute approximate surface area is 108 Å². The van der Waals surface area contributed by atoms with Gasteiger partial charge in [-0.3, -0.25) is 0 Å². The summed E-state index contributed by atoms with van der Waals surface area (Å²) in [6, 6.07) is 12.7. The number of nitrogens with one attached hydrogen (secondary N) is 1. The normalized spacial score (nSPS) is 11.1. The maximum Gasteiger partial charge on any atom is 0.0612 e. The van der Waals surface area contributed by atoms with E-state index in [0.717, 1.165) is 10.9 Å². The molecule has 1 nitrogen and oxygen atoms in total. The molecule has 0 aliphatic heterocycles. The van der Waals surface area contributed by atoms with Gasteiger partial charge in [-0.1, -0.05) is 36.4 Å². The number of hydrogen-bond donors (Lipinski definition) is 1. The van der Waals surface area contributed by atoms with Crippen LogP contribution in [-0.2, 0) is 6.42 Å². The Kier molecular flexibility index (Phi) is 2.52. The molecule has 1 heterocycles. The predicted octanol–water partition coefficient (Wildman–Crippen LogP) is 4.81. The number of allylic oxidation sites excluding steroid dienone is 1. The third-order valence-corrected chi connectivity index (χ3v) is 3.97. The number of halogens is 1. The van der Waals surface area contributed by atoms with Gasteiger partial charge in [0.15, 0.2) is 0 Å². The van der Waals surface area contributed by atoms with E-state index in [1.807, 2.05) is 6.08 Å². The SMILES string of the molecule is C=CCc1ccc2c([nH]c3ccccc32)c1Br. The molecule has 2 heteroatoms. The van der Waals surface area contributed by atoms with E-state index in [4.69, 9.17) is 0 Å². The molecule has 0 atom stereocenters. The van der Waals surface area contributed by atoms with E-state index in [0.29, 0.717) is 0 Å². The summed E-state index contributed by atoms with van der Waals surface area (Å²) in [5.41, 5.74) is 3.61. The van der Waals surface area contributed by atoms with Crippen LogP contribution >= 0.6 is 15.9 Å². The van der Waals surface area contributed by atoms with E-state index in [1.165, 1.54) is 27.4 Å². The summed E-state index contributed by atoms with van der Waals surface area (Å²) in [5, 5.41) is 2.54. The Morgan fingerprint density at radius 3 is 2.76 bits per heavy atom. The lowest BCUT2D eigenvalue weighted by Gasteiger charge is -2.02. The monoisotopic (exact) mass is 285 g/mol. The van der Waals surface area contributed by atoms with Gasteiger partial charge in [-0.2, -0.15) is 0 Å². The number of para-hydroxylation sites is 1. The zero-order valence-electron chi connectivity index (χ0n) is 9.33. The van der Waals surface area contributed by atoms with Crippen molar-refractivity contribution in [2.75, 3.05) is 0 Å². The number of hydrogen-bond acceptors (Lipinski definition) is 0. The van der Waals surface area contributed by atoms with Crippen molar-refractivity contribution in [3.63, 3.8) is 0 Å². The van der Waals surface area contributed by atoms with Crippen LogP contribution in [0.2, 0.25) is 0 Å². The lowest BCUT2D eigenvalue weighted by Crippen LogP contribution is -1.84. The van der Waals surface area contributed by atoms with Gasteiger partial charge < -0.3 is 4.98 Å². The molecule has 84 valence electrons. The first-order chi connectivity index (χ1) is 8.31. The number of fused-ring (bicyclic) bond motifs is 3. The molecule has 0 fully saturated rings. The number of aromatic amines is 1. The van der Waals surface area contributed by atoms with Crippen LogP contribution in [0, 0.1) is 0 Å². The van der Waals surface area contributed by atoms with Crippen molar-refractivity contribution in [2.45, 2.75) is 6.42 Å². The molecule has 0 aliphatic carbocycles. The van der Waals surface area contributed by atoms with Crippen molar-refractivity contribution in [3.8, 4) is 0 Å². The Morgan fingerprint density at radius 2 is 1.94 bits per heavy atom. The molecule has 0 saturated heterocycles. The molecule has 3 aromatic rings. The Bertz CT molecular complexity index is 709. The standard InChI is InChI=1S/C15H12BrN/c1-2-5-10-8-9-12-11-6-3-4-7-13(11)17-15(12)14(10)16/h2-4,6-9,17H,1,5H2. The van der Waals surface area contributed by atoms with Crippen LogP contribution in [-0.4, -0.2) is 4.98 Å². The maximum absolute atomic E-state index is 3.79. The second-order valence-corrected chi connectivity index (χ2v) is 4.92. The molecule has 0 unspecified atom stereocenters. The fourth-order valence-corrected chi connectivity index (χ4v) is 2.85. The van der Waals surface area contributed by atoms with Crippen molar-refractivity contribution in [2.24, 2.45) is 0 Å². The number of aromatic nitrogens is 1. The van der Waals surface area contributed by atoms with Crippen LogP contribution < -0.4 is 0 Å². The van der Waals surface area contributed by atoms with Gasteiger partial charge in [0, 0.05) is 20.8 Å². The minimum atomic E-state index is 0.881. The van der Waals surface area contributed by atoms with E-state index < -0.39 is 0 Å². The fraction of sp³-hybridized carbons (Fsp3) is 0.0667. The Hall–Kier alpha value is -1.54. The van der Waals surface area contributed by atoms with E-state index in [-0.39, 0.29) is 0 Å². The van der Waals surface area contributed by atoms with E-state index >= 15 is 0 Å². The molecule has 0 aliphatic rings. The van der Waals surface area contributed by atoms with Gasteiger partial charge in [0.25, 0.3) is 0 Å². The van der Waals surface area contributed by atoms with E-state index in [2.05, 4.69) is 63.9 Å². The highest BCUT2D eigenvalue weighted by Gasteiger charge is 2.09. The van der Waals surface area contributed by atoms with Crippen LogP contribution in [0.4, 0.5) is 0 Å². The second kappa shape index (κ2) is 4.04. The van der Waals surface area contributed by atoms with Gasteiger partial charge in [0.2, 0.25) is 0 Å². The number of rotatable bonds is 2. The summed E-state index contributed by atoms with van der Waals surface area (Å²) in [6.45, 7) is 3.79. The fourth-order valence-electron chi connectivity index (χ4n) is 2.24. The zero-order valence-corrected chi connectivity index (χ0v) is 10.9. The average Bonchev–Trinajstić information content (AvgIpc) is 2.73. The molecule has 1 aromatic heterocycles. The summed E-state index contributed by atoms with van der Waals surface area (Å²) in [6.07, 6.45) is 2.81. The quantitative estimate of drug-likeness (QED) is 0.650. The summed E-state index contributed by atoms with van der Waals surface area (Å²) in [5.74, 6) is 0. The van der Waals surface area contributed by atoms with Gasteiger partial charge in [-0.25, -0.2) is 0 Å². The highest BCUT2D eigenvalue weighted by atomic mass is 79.9. The highest BCUT2D eigenvalue weighted by molar-refractivity contribution is 9.10. The average molecular weight is 286 g/mol. The first kappa shape index (κ1) is 10.6. The smallest absolute Gasteiger partial charge is 0.0612 e. The van der Waals surface area contributed by atoms with E-state index in [9.17, 15) is 0 Å².